The highest BCUT2D eigenvalue weighted by molar-refractivity contribution is 6.00. The second-order valence-corrected chi connectivity index (χ2v) is 4.53. The van der Waals surface area contributed by atoms with Crippen LogP contribution in [0.3, 0.4) is 0 Å². The van der Waals surface area contributed by atoms with Crippen molar-refractivity contribution in [3.63, 3.8) is 0 Å². The van der Waals surface area contributed by atoms with Crippen LogP contribution in [0.25, 0.3) is 10.8 Å². The molecule has 0 aliphatic carbocycles. The molecule has 5 heteroatoms. The Labute approximate surface area is 129 Å². The Morgan fingerprint density at radius 1 is 0.909 bits per heavy atom. The van der Waals surface area contributed by atoms with E-state index in [4.69, 9.17) is 18.9 Å². The third-order valence-corrected chi connectivity index (χ3v) is 3.06. The smallest absolute Gasteiger partial charge is 0.308 e. The Balaban J connectivity index is 2.85. The summed E-state index contributed by atoms with van der Waals surface area (Å²) in [6.45, 7) is 5.93. The summed E-state index contributed by atoms with van der Waals surface area (Å²) in [7, 11) is 1.57. The molecule has 0 N–H and O–H groups in total. The Hall–Kier alpha value is -2.43. The minimum absolute atomic E-state index is 0.356. The molecule has 2 aromatic carbocycles. The van der Waals surface area contributed by atoms with Crippen LogP contribution in [0.1, 0.15) is 20.8 Å². The van der Waals surface area contributed by atoms with Gasteiger partial charge in [-0.2, -0.15) is 0 Å². The van der Waals surface area contributed by atoms with Gasteiger partial charge >= 0.3 is 5.97 Å². The monoisotopic (exact) mass is 304 g/mol. The highest BCUT2D eigenvalue weighted by atomic mass is 16.6. The molecule has 0 aromatic heterocycles. The van der Waals surface area contributed by atoms with Gasteiger partial charge in [0.2, 0.25) is 11.5 Å². The Kier molecular flexibility index (Phi) is 5.09. The molecule has 0 spiro atoms. The molecule has 0 amide bonds. The zero-order chi connectivity index (χ0) is 16.1. The van der Waals surface area contributed by atoms with Gasteiger partial charge in [-0.25, -0.2) is 0 Å². The zero-order valence-corrected chi connectivity index (χ0v) is 13.3. The molecule has 0 aliphatic rings. The molecule has 0 unspecified atom stereocenters. The van der Waals surface area contributed by atoms with E-state index in [-0.39, 0.29) is 0 Å². The number of methoxy groups -OCH3 is 1. The van der Waals surface area contributed by atoms with Crippen LogP contribution in [0.15, 0.2) is 24.3 Å². The molecule has 0 aliphatic heterocycles. The maximum atomic E-state index is 11.5. The van der Waals surface area contributed by atoms with Gasteiger partial charge in [-0.1, -0.05) is 24.3 Å². The Bertz CT molecular complexity index is 678. The average molecular weight is 304 g/mol. The van der Waals surface area contributed by atoms with Crippen LogP contribution in [-0.4, -0.2) is 26.3 Å². The van der Waals surface area contributed by atoms with Crippen molar-refractivity contribution in [1.29, 1.82) is 0 Å². The van der Waals surface area contributed by atoms with Crippen LogP contribution < -0.4 is 18.9 Å². The fourth-order valence-corrected chi connectivity index (χ4v) is 2.33. The maximum absolute atomic E-state index is 11.5. The summed E-state index contributed by atoms with van der Waals surface area (Å²) in [4.78, 5) is 11.5. The van der Waals surface area contributed by atoms with E-state index >= 15 is 0 Å². The first-order valence-corrected chi connectivity index (χ1v) is 7.20. The summed E-state index contributed by atoms with van der Waals surface area (Å²) in [6.07, 6.45) is 0. The Morgan fingerprint density at radius 2 is 1.41 bits per heavy atom. The minimum atomic E-state index is -0.418. The summed E-state index contributed by atoms with van der Waals surface area (Å²) >= 11 is 0. The number of hydrogen-bond donors (Lipinski definition) is 0. The van der Waals surface area contributed by atoms with Gasteiger partial charge in [0.25, 0.3) is 0 Å². The largest absolute Gasteiger partial charge is 0.492 e. The first-order valence-electron chi connectivity index (χ1n) is 7.20. The summed E-state index contributed by atoms with van der Waals surface area (Å²) in [5, 5.41) is 1.54. The molecule has 0 saturated heterocycles. The predicted molar refractivity (Wildman–Crippen MR) is 84.1 cm³/mol. The lowest BCUT2D eigenvalue weighted by Crippen LogP contribution is -2.08. The lowest BCUT2D eigenvalue weighted by molar-refractivity contribution is -0.131. The van der Waals surface area contributed by atoms with Gasteiger partial charge in [0.15, 0.2) is 11.5 Å². The van der Waals surface area contributed by atoms with Crippen LogP contribution in [0.5, 0.6) is 23.0 Å². The van der Waals surface area contributed by atoms with E-state index in [1.165, 1.54) is 6.92 Å². The number of esters is 1. The molecular weight excluding hydrogens is 284 g/mol. The molecule has 22 heavy (non-hydrogen) atoms. The summed E-state index contributed by atoms with van der Waals surface area (Å²) < 4.78 is 22.3. The quantitative estimate of drug-likeness (QED) is 0.603. The molecule has 0 atom stereocenters. The zero-order valence-electron chi connectivity index (χ0n) is 13.3. The van der Waals surface area contributed by atoms with Crippen molar-refractivity contribution in [2.75, 3.05) is 20.3 Å². The standard InChI is InChI=1S/C17H20O5/c1-5-20-16-14(19-4)12-9-7-8-10-13(12)15(22-11(3)18)17(16)21-6-2/h7-10H,5-6H2,1-4H3. The molecular formula is C17H20O5. The van der Waals surface area contributed by atoms with Crippen LogP contribution in [0, 0.1) is 0 Å². The molecule has 0 heterocycles. The number of carbonyl (C=O) groups excluding carboxylic acids is 1. The molecule has 118 valence electrons. The maximum Gasteiger partial charge on any atom is 0.308 e. The van der Waals surface area contributed by atoms with Crippen molar-refractivity contribution in [2.24, 2.45) is 0 Å². The summed E-state index contributed by atoms with van der Waals surface area (Å²) in [6, 6.07) is 7.50. The fraction of sp³-hybridized carbons (Fsp3) is 0.353. The van der Waals surface area contributed by atoms with Gasteiger partial charge in [0.05, 0.1) is 20.3 Å². The van der Waals surface area contributed by atoms with Crippen LogP contribution in [0.2, 0.25) is 0 Å². The van der Waals surface area contributed by atoms with Crippen molar-refractivity contribution in [1.82, 2.24) is 0 Å². The number of hydrogen-bond acceptors (Lipinski definition) is 5. The highest BCUT2D eigenvalue weighted by Crippen LogP contribution is 2.51. The van der Waals surface area contributed by atoms with Crippen molar-refractivity contribution < 1.29 is 23.7 Å². The molecule has 2 aromatic rings. The van der Waals surface area contributed by atoms with Crippen LogP contribution in [-0.2, 0) is 4.79 Å². The van der Waals surface area contributed by atoms with Gasteiger partial charge < -0.3 is 18.9 Å². The highest BCUT2D eigenvalue weighted by Gasteiger charge is 2.24. The second-order valence-electron chi connectivity index (χ2n) is 4.53. The van der Waals surface area contributed by atoms with E-state index in [1.807, 2.05) is 38.1 Å². The number of rotatable bonds is 6. The molecule has 2 rings (SSSR count). The van der Waals surface area contributed by atoms with E-state index in [0.717, 1.165) is 10.8 Å². The Morgan fingerprint density at radius 3 is 1.86 bits per heavy atom. The molecule has 0 bridgehead atoms. The van der Waals surface area contributed by atoms with Crippen LogP contribution in [0.4, 0.5) is 0 Å². The number of carbonyl (C=O) groups is 1. The summed E-state index contributed by atoms with van der Waals surface area (Å²) in [5.74, 6) is 1.33. The first-order chi connectivity index (χ1) is 10.6. The average Bonchev–Trinajstić information content (AvgIpc) is 2.50. The van der Waals surface area contributed by atoms with Gasteiger partial charge in [0, 0.05) is 17.7 Å². The van der Waals surface area contributed by atoms with Crippen molar-refractivity contribution in [3.05, 3.63) is 24.3 Å². The number of fused-ring (bicyclic) bond motifs is 1. The number of ether oxygens (including phenoxy) is 4. The molecule has 0 fully saturated rings. The third kappa shape index (κ3) is 2.93. The fourth-order valence-electron chi connectivity index (χ4n) is 2.33. The van der Waals surface area contributed by atoms with Gasteiger partial charge in [0.1, 0.15) is 0 Å². The van der Waals surface area contributed by atoms with Crippen molar-refractivity contribution in [2.45, 2.75) is 20.8 Å². The molecule has 0 saturated carbocycles. The topological polar surface area (TPSA) is 54.0 Å². The summed E-state index contributed by atoms with van der Waals surface area (Å²) in [5.41, 5.74) is 0. The second kappa shape index (κ2) is 7.02. The van der Waals surface area contributed by atoms with E-state index < -0.39 is 5.97 Å². The lowest BCUT2D eigenvalue weighted by Gasteiger charge is -2.20. The van der Waals surface area contributed by atoms with Gasteiger partial charge in [-0.15, -0.1) is 0 Å². The normalized spacial score (nSPS) is 10.4. The van der Waals surface area contributed by atoms with Crippen molar-refractivity contribution in [3.8, 4) is 23.0 Å². The van der Waals surface area contributed by atoms with Crippen LogP contribution >= 0.6 is 0 Å². The predicted octanol–water partition coefficient (Wildman–Crippen LogP) is 3.57. The van der Waals surface area contributed by atoms with Gasteiger partial charge in [-0.3, -0.25) is 4.79 Å². The van der Waals surface area contributed by atoms with E-state index in [0.29, 0.717) is 36.2 Å². The van der Waals surface area contributed by atoms with Gasteiger partial charge in [-0.05, 0) is 13.8 Å². The van der Waals surface area contributed by atoms with E-state index in [9.17, 15) is 4.79 Å². The minimum Gasteiger partial charge on any atom is -0.492 e. The van der Waals surface area contributed by atoms with Crippen molar-refractivity contribution >= 4 is 16.7 Å². The molecule has 5 nitrogen and oxygen atoms in total. The first kappa shape index (κ1) is 15.9. The third-order valence-electron chi connectivity index (χ3n) is 3.06. The SMILES string of the molecule is CCOc1c(OCC)c(OC(C)=O)c2ccccc2c1OC. The number of benzene rings is 2. The lowest BCUT2D eigenvalue weighted by atomic mass is 10.1. The van der Waals surface area contributed by atoms with E-state index in [2.05, 4.69) is 0 Å². The van der Waals surface area contributed by atoms with E-state index in [1.54, 1.807) is 7.11 Å². The molecule has 0 radical (unpaired) electrons.